The average Bonchev–Trinajstić information content (AvgIpc) is 3.34. The predicted octanol–water partition coefficient (Wildman–Crippen LogP) is -0.306. The van der Waals surface area contributed by atoms with E-state index in [9.17, 15) is 14.4 Å². The molecular weight excluding hydrogens is 346 g/mol. The first-order chi connectivity index (χ1) is 13.0. The minimum atomic E-state index is -0.349. The molecule has 8 nitrogen and oxygen atoms in total. The van der Waals surface area contributed by atoms with E-state index in [-0.39, 0.29) is 43.4 Å². The fraction of sp³-hybridized carbons (Fsp3) is 0.842. The van der Waals surface area contributed by atoms with Crippen LogP contribution in [0.1, 0.15) is 46.0 Å². The predicted molar refractivity (Wildman–Crippen MR) is 104 cm³/mol. The highest BCUT2D eigenvalue weighted by atomic mass is 16.2. The van der Waals surface area contributed by atoms with Crippen LogP contribution in [0.25, 0.3) is 0 Å². The summed E-state index contributed by atoms with van der Waals surface area (Å²) in [6.45, 7) is 7.66. The molecule has 154 valence electrons. The number of carbonyl (C=O) groups is 3. The molecular formula is C19H35N5O3. The van der Waals surface area contributed by atoms with Gasteiger partial charge in [0, 0.05) is 25.2 Å². The molecule has 27 heavy (non-hydrogen) atoms. The summed E-state index contributed by atoms with van der Waals surface area (Å²) in [6.07, 6.45) is 5.40. The Balaban J connectivity index is 1.79. The van der Waals surface area contributed by atoms with Crippen LogP contribution in [0.3, 0.4) is 0 Å². The molecule has 1 saturated carbocycles. The lowest BCUT2D eigenvalue weighted by molar-refractivity contribution is -0.147. The van der Waals surface area contributed by atoms with Crippen LogP contribution < -0.4 is 16.0 Å². The Labute approximate surface area is 162 Å². The average molecular weight is 382 g/mol. The van der Waals surface area contributed by atoms with Gasteiger partial charge in [-0.2, -0.15) is 0 Å². The van der Waals surface area contributed by atoms with Crippen molar-refractivity contribution in [3.05, 3.63) is 0 Å². The van der Waals surface area contributed by atoms with Crippen LogP contribution >= 0.6 is 0 Å². The van der Waals surface area contributed by atoms with E-state index >= 15 is 0 Å². The molecule has 8 heteroatoms. The van der Waals surface area contributed by atoms with Gasteiger partial charge in [-0.05, 0) is 52.1 Å². The third kappa shape index (κ3) is 8.36. The number of carbonyl (C=O) groups excluding carboxylic acids is 3. The molecule has 0 spiro atoms. The second-order valence-electron chi connectivity index (χ2n) is 7.63. The molecule has 2 fully saturated rings. The van der Waals surface area contributed by atoms with Crippen LogP contribution in [0, 0.1) is 0 Å². The molecule has 1 aliphatic heterocycles. The van der Waals surface area contributed by atoms with Gasteiger partial charge in [-0.15, -0.1) is 0 Å². The van der Waals surface area contributed by atoms with E-state index in [1.54, 1.807) is 0 Å². The number of nitrogens with one attached hydrogen (secondary N) is 3. The molecule has 0 radical (unpaired) electrons. The summed E-state index contributed by atoms with van der Waals surface area (Å²) in [5.74, 6) is -0.986. The Kier molecular flexibility index (Phi) is 9.17. The summed E-state index contributed by atoms with van der Waals surface area (Å²) in [5.41, 5.74) is 0. The molecule has 0 aromatic carbocycles. The Morgan fingerprint density at radius 1 is 1.11 bits per heavy atom. The Morgan fingerprint density at radius 3 is 2.41 bits per heavy atom. The van der Waals surface area contributed by atoms with Crippen LogP contribution in [0.15, 0.2) is 0 Å². The van der Waals surface area contributed by atoms with Gasteiger partial charge in [0.05, 0.1) is 13.1 Å². The lowest BCUT2D eigenvalue weighted by Crippen LogP contribution is -2.51. The van der Waals surface area contributed by atoms with Gasteiger partial charge in [-0.1, -0.05) is 6.92 Å². The number of nitrogens with zero attached hydrogens (tertiary/aromatic N) is 2. The topological polar surface area (TPSA) is 93.8 Å². The van der Waals surface area contributed by atoms with Crippen molar-refractivity contribution in [3.8, 4) is 0 Å². The largest absolute Gasteiger partial charge is 0.352 e. The van der Waals surface area contributed by atoms with Crippen LogP contribution in [0.5, 0.6) is 0 Å². The number of likely N-dealkylation sites (tertiary alicyclic amines) is 1. The maximum absolute atomic E-state index is 12.6. The molecule has 2 rings (SSSR count). The maximum Gasteiger partial charge on any atom is 0.243 e. The standard InChI is InChI=1S/C19H35N5O3/c1-3-15(2)22-17(25)14-24(19(27)13-21-16-6-7-16)18(26)12-20-8-11-23-9-4-5-10-23/h15-16,20-21H,3-14H2,1-2H3,(H,22,25)/t15-/m0/s1. The highest BCUT2D eigenvalue weighted by molar-refractivity contribution is 6.00. The van der Waals surface area contributed by atoms with Crippen molar-refractivity contribution < 1.29 is 14.4 Å². The van der Waals surface area contributed by atoms with Crippen molar-refractivity contribution in [1.29, 1.82) is 0 Å². The summed E-state index contributed by atoms with van der Waals surface area (Å²) < 4.78 is 0. The van der Waals surface area contributed by atoms with E-state index in [1.807, 2.05) is 13.8 Å². The summed E-state index contributed by atoms with van der Waals surface area (Å²) in [7, 11) is 0. The van der Waals surface area contributed by atoms with Crippen molar-refractivity contribution in [1.82, 2.24) is 25.8 Å². The first-order valence-corrected chi connectivity index (χ1v) is 10.3. The Bertz CT molecular complexity index is 504. The number of hydrogen-bond acceptors (Lipinski definition) is 6. The third-order valence-corrected chi connectivity index (χ3v) is 5.12. The first kappa shape index (κ1) is 21.8. The molecule has 1 aliphatic carbocycles. The minimum Gasteiger partial charge on any atom is -0.352 e. The SMILES string of the molecule is CC[C@H](C)NC(=O)CN(C(=O)CNCCN1CCCC1)C(=O)CNC1CC1. The summed E-state index contributed by atoms with van der Waals surface area (Å²) in [5, 5.41) is 9.05. The normalized spacial score (nSPS) is 18.3. The molecule has 3 amide bonds. The number of amides is 3. The van der Waals surface area contributed by atoms with Gasteiger partial charge < -0.3 is 20.9 Å². The van der Waals surface area contributed by atoms with Crippen molar-refractivity contribution >= 4 is 17.7 Å². The summed E-state index contributed by atoms with van der Waals surface area (Å²) in [6, 6.07) is 0.395. The zero-order valence-electron chi connectivity index (χ0n) is 16.8. The van der Waals surface area contributed by atoms with Crippen LogP contribution in [0.4, 0.5) is 0 Å². The van der Waals surface area contributed by atoms with Gasteiger partial charge in [-0.25, -0.2) is 0 Å². The quantitative estimate of drug-likeness (QED) is 0.402. The second-order valence-corrected chi connectivity index (χ2v) is 7.63. The lowest BCUT2D eigenvalue weighted by atomic mass is 10.2. The molecule has 3 N–H and O–H groups in total. The Hall–Kier alpha value is -1.51. The molecule has 0 bridgehead atoms. The summed E-state index contributed by atoms with van der Waals surface area (Å²) >= 11 is 0. The van der Waals surface area contributed by atoms with Crippen molar-refractivity contribution in [3.63, 3.8) is 0 Å². The van der Waals surface area contributed by atoms with E-state index in [0.717, 1.165) is 43.8 Å². The highest BCUT2D eigenvalue weighted by Gasteiger charge is 2.27. The van der Waals surface area contributed by atoms with E-state index in [2.05, 4.69) is 20.9 Å². The molecule has 2 aliphatic rings. The summed E-state index contributed by atoms with van der Waals surface area (Å²) in [4.78, 5) is 40.7. The zero-order chi connectivity index (χ0) is 19.6. The molecule has 1 heterocycles. The fourth-order valence-electron chi connectivity index (χ4n) is 3.03. The van der Waals surface area contributed by atoms with Crippen molar-refractivity contribution in [2.45, 2.75) is 58.0 Å². The first-order valence-electron chi connectivity index (χ1n) is 10.3. The molecule has 0 unspecified atom stereocenters. The molecule has 0 aromatic heterocycles. The fourth-order valence-corrected chi connectivity index (χ4v) is 3.03. The van der Waals surface area contributed by atoms with Crippen LogP contribution in [0.2, 0.25) is 0 Å². The van der Waals surface area contributed by atoms with Crippen molar-refractivity contribution in [2.75, 3.05) is 45.8 Å². The van der Waals surface area contributed by atoms with Gasteiger partial charge in [0.1, 0.15) is 6.54 Å². The van der Waals surface area contributed by atoms with Gasteiger partial charge in [0.15, 0.2) is 0 Å². The van der Waals surface area contributed by atoms with E-state index in [0.29, 0.717) is 12.6 Å². The van der Waals surface area contributed by atoms with Gasteiger partial charge in [0.2, 0.25) is 17.7 Å². The zero-order valence-corrected chi connectivity index (χ0v) is 16.8. The van der Waals surface area contributed by atoms with E-state index < -0.39 is 0 Å². The maximum atomic E-state index is 12.6. The van der Waals surface area contributed by atoms with E-state index in [4.69, 9.17) is 0 Å². The monoisotopic (exact) mass is 381 g/mol. The second kappa shape index (κ2) is 11.4. The number of rotatable bonds is 12. The van der Waals surface area contributed by atoms with Gasteiger partial charge >= 0.3 is 0 Å². The highest BCUT2D eigenvalue weighted by Crippen LogP contribution is 2.18. The number of hydrogen-bond donors (Lipinski definition) is 3. The third-order valence-electron chi connectivity index (χ3n) is 5.12. The van der Waals surface area contributed by atoms with Crippen molar-refractivity contribution in [2.24, 2.45) is 0 Å². The molecule has 1 atom stereocenters. The molecule has 0 aromatic rings. The minimum absolute atomic E-state index is 0.0210. The smallest absolute Gasteiger partial charge is 0.243 e. The lowest BCUT2D eigenvalue weighted by Gasteiger charge is -2.22. The Morgan fingerprint density at radius 2 is 1.78 bits per heavy atom. The van der Waals surface area contributed by atoms with Gasteiger partial charge in [0.25, 0.3) is 0 Å². The van der Waals surface area contributed by atoms with Gasteiger partial charge in [-0.3, -0.25) is 19.3 Å². The van der Waals surface area contributed by atoms with E-state index in [1.165, 1.54) is 12.8 Å². The molecule has 1 saturated heterocycles. The number of imide groups is 1. The van der Waals surface area contributed by atoms with Crippen LogP contribution in [-0.2, 0) is 14.4 Å². The van der Waals surface area contributed by atoms with Crippen LogP contribution in [-0.4, -0.2) is 85.4 Å².